The molecule has 0 spiro atoms. The van der Waals surface area contributed by atoms with Crippen molar-refractivity contribution in [2.45, 2.75) is 38.4 Å². The smallest absolute Gasteiger partial charge is 0.0706 e. The van der Waals surface area contributed by atoms with Gasteiger partial charge in [0.25, 0.3) is 0 Å². The van der Waals surface area contributed by atoms with Gasteiger partial charge < -0.3 is 9.47 Å². The summed E-state index contributed by atoms with van der Waals surface area (Å²) in [5, 5.41) is 0. The van der Waals surface area contributed by atoms with Crippen LogP contribution in [0.3, 0.4) is 0 Å². The first-order valence-electron chi connectivity index (χ1n) is 7.67. The fraction of sp³-hybridized carbons (Fsp3) is 0.688. The standard InChI is InChI=1S/C16H24N2O2/c1-13-10-14(4-5-17-13)11-15-2-3-16(20-15)12-18-6-8-19-9-7-18/h4-5,10,15-16H,2-3,6-9,11-12H2,1H3/t15-,16+/m0/s1. The van der Waals surface area contributed by atoms with E-state index in [0.717, 1.165) is 45.0 Å². The third kappa shape index (κ3) is 3.78. The van der Waals surface area contributed by atoms with E-state index in [0.29, 0.717) is 12.2 Å². The van der Waals surface area contributed by atoms with Crippen LogP contribution in [0.4, 0.5) is 0 Å². The molecule has 110 valence electrons. The van der Waals surface area contributed by atoms with Gasteiger partial charge >= 0.3 is 0 Å². The molecular formula is C16H24N2O2. The number of hydrogen-bond donors (Lipinski definition) is 0. The minimum absolute atomic E-state index is 0.378. The largest absolute Gasteiger partial charge is 0.379 e. The fourth-order valence-electron chi connectivity index (χ4n) is 3.13. The third-order valence-electron chi connectivity index (χ3n) is 4.19. The van der Waals surface area contributed by atoms with Crippen LogP contribution in [0, 0.1) is 6.92 Å². The molecule has 0 unspecified atom stereocenters. The minimum Gasteiger partial charge on any atom is -0.379 e. The normalized spacial score (nSPS) is 27.9. The number of rotatable bonds is 4. The summed E-state index contributed by atoms with van der Waals surface area (Å²) in [5.41, 5.74) is 2.43. The molecule has 0 aliphatic carbocycles. The lowest BCUT2D eigenvalue weighted by atomic mass is 10.1. The summed E-state index contributed by atoms with van der Waals surface area (Å²) < 4.78 is 11.6. The fourth-order valence-corrected chi connectivity index (χ4v) is 3.13. The first-order chi connectivity index (χ1) is 9.79. The molecular weight excluding hydrogens is 252 g/mol. The number of pyridine rings is 1. The Hall–Kier alpha value is -0.970. The zero-order chi connectivity index (χ0) is 13.8. The van der Waals surface area contributed by atoms with E-state index in [9.17, 15) is 0 Å². The maximum absolute atomic E-state index is 6.21. The van der Waals surface area contributed by atoms with Crippen molar-refractivity contribution in [1.82, 2.24) is 9.88 Å². The lowest BCUT2D eigenvalue weighted by Gasteiger charge is -2.28. The Labute approximate surface area is 121 Å². The van der Waals surface area contributed by atoms with Gasteiger partial charge in [-0.05, 0) is 43.9 Å². The van der Waals surface area contributed by atoms with Gasteiger partial charge in [0, 0.05) is 31.5 Å². The molecule has 2 aliphatic rings. The Morgan fingerprint density at radius 3 is 2.85 bits per heavy atom. The van der Waals surface area contributed by atoms with Crippen LogP contribution in [-0.4, -0.2) is 54.9 Å². The van der Waals surface area contributed by atoms with E-state index in [4.69, 9.17) is 9.47 Å². The van der Waals surface area contributed by atoms with Crippen LogP contribution >= 0.6 is 0 Å². The highest BCUT2D eigenvalue weighted by Gasteiger charge is 2.27. The average Bonchev–Trinajstić information content (AvgIpc) is 2.87. The second-order valence-electron chi connectivity index (χ2n) is 5.88. The lowest BCUT2D eigenvalue weighted by molar-refractivity contribution is -0.0108. The van der Waals surface area contributed by atoms with Crippen LogP contribution in [-0.2, 0) is 15.9 Å². The van der Waals surface area contributed by atoms with Gasteiger partial charge in [-0.1, -0.05) is 0 Å². The Morgan fingerprint density at radius 1 is 1.25 bits per heavy atom. The van der Waals surface area contributed by atoms with E-state index in [2.05, 4.69) is 22.0 Å². The zero-order valence-electron chi connectivity index (χ0n) is 12.3. The predicted octanol–water partition coefficient (Wildman–Crippen LogP) is 1.81. The highest BCUT2D eigenvalue weighted by Crippen LogP contribution is 2.24. The Kier molecular flexibility index (Phi) is 4.65. The Balaban J connectivity index is 1.47. The SMILES string of the molecule is Cc1cc(C[C@@H]2CC[C@H](CN3CCOCC3)O2)ccn1. The molecule has 4 nitrogen and oxygen atoms in total. The monoisotopic (exact) mass is 276 g/mol. The van der Waals surface area contributed by atoms with Gasteiger partial charge in [-0.3, -0.25) is 9.88 Å². The first kappa shape index (κ1) is 14.0. The van der Waals surface area contributed by atoms with E-state index in [-0.39, 0.29) is 0 Å². The van der Waals surface area contributed by atoms with E-state index in [1.165, 1.54) is 18.4 Å². The number of aryl methyl sites for hydroxylation is 1. The van der Waals surface area contributed by atoms with Crippen LogP contribution in [0.2, 0.25) is 0 Å². The van der Waals surface area contributed by atoms with Crippen molar-refractivity contribution in [3.63, 3.8) is 0 Å². The molecule has 20 heavy (non-hydrogen) atoms. The molecule has 3 rings (SSSR count). The van der Waals surface area contributed by atoms with Crippen molar-refractivity contribution < 1.29 is 9.47 Å². The van der Waals surface area contributed by atoms with Gasteiger partial charge in [-0.2, -0.15) is 0 Å². The molecule has 0 bridgehead atoms. The van der Waals surface area contributed by atoms with Gasteiger partial charge in [0.2, 0.25) is 0 Å². The number of nitrogens with zero attached hydrogens (tertiary/aromatic N) is 2. The topological polar surface area (TPSA) is 34.6 Å². The molecule has 0 aromatic carbocycles. The van der Waals surface area contributed by atoms with Crippen molar-refractivity contribution in [3.05, 3.63) is 29.6 Å². The zero-order valence-corrected chi connectivity index (χ0v) is 12.3. The third-order valence-corrected chi connectivity index (χ3v) is 4.19. The van der Waals surface area contributed by atoms with Crippen molar-refractivity contribution in [2.75, 3.05) is 32.8 Å². The van der Waals surface area contributed by atoms with Crippen molar-refractivity contribution in [3.8, 4) is 0 Å². The molecule has 1 aromatic rings. The summed E-state index contributed by atoms with van der Waals surface area (Å²) in [6.07, 6.45) is 6.06. The lowest BCUT2D eigenvalue weighted by Crippen LogP contribution is -2.41. The average molecular weight is 276 g/mol. The highest BCUT2D eigenvalue weighted by molar-refractivity contribution is 5.16. The Morgan fingerprint density at radius 2 is 2.05 bits per heavy atom. The van der Waals surface area contributed by atoms with Crippen molar-refractivity contribution >= 4 is 0 Å². The first-order valence-corrected chi connectivity index (χ1v) is 7.67. The molecule has 2 fully saturated rings. The van der Waals surface area contributed by atoms with Crippen LogP contribution in [0.1, 0.15) is 24.1 Å². The second kappa shape index (κ2) is 6.66. The van der Waals surface area contributed by atoms with Crippen LogP contribution < -0.4 is 0 Å². The number of hydrogen-bond acceptors (Lipinski definition) is 4. The molecule has 0 amide bonds. The maximum atomic E-state index is 6.21. The van der Waals surface area contributed by atoms with Gasteiger partial charge in [0.1, 0.15) is 0 Å². The number of ether oxygens (including phenoxy) is 2. The Bertz CT molecular complexity index is 432. The quantitative estimate of drug-likeness (QED) is 0.840. The molecule has 0 radical (unpaired) electrons. The summed E-state index contributed by atoms with van der Waals surface area (Å²) in [5.74, 6) is 0. The molecule has 0 saturated carbocycles. The maximum Gasteiger partial charge on any atom is 0.0706 e. The van der Waals surface area contributed by atoms with E-state index in [1.54, 1.807) is 0 Å². The molecule has 2 aliphatic heterocycles. The van der Waals surface area contributed by atoms with Gasteiger partial charge in [0.05, 0.1) is 25.4 Å². The van der Waals surface area contributed by atoms with E-state index in [1.807, 2.05) is 13.1 Å². The van der Waals surface area contributed by atoms with Gasteiger partial charge in [-0.25, -0.2) is 0 Å². The van der Waals surface area contributed by atoms with Crippen LogP contribution in [0.5, 0.6) is 0 Å². The highest BCUT2D eigenvalue weighted by atomic mass is 16.5. The van der Waals surface area contributed by atoms with E-state index >= 15 is 0 Å². The summed E-state index contributed by atoms with van der Waals surface area (Å²) in [7, 11) is 0. The second-order valence-corrected chi connectivity index (χ2v) is 5.88. The van der Waals surface area contributed by atoms with Crippen LogP contribution in [0.25, 0.3) is 0 Å². The summed E-state index contributed by atoms with van der Waals surface area (Å²) in [4.78, 5) is 6.71. The predicted molar refractivity (Wildman–Crippen MR) is 77.8 cm³/mol. The summed E-state index contributed by atoms with van der Waals surface area (Å²) in [6, 6.07) is 4.27. The van der Waals surface area contributed by atoms with Crippen molar-refractivity contribution in [1.29, 1.82) is 0 Å². The van der Waals surface area contributed by atoms with Gasteiger partial charge in [0.15, 0.2) is 0 Å². The molecule has 4 heteroatoms. The molecule has 2 saturated heterocycles. The van der Waals surface area contributed by atoms with Crippen molar-refractivity contribution in [2.24, 2.45) is 0 Å². The van der Waals surface area contributed by atoms with E-state index < -0.39 is 0 Å². The number of morpholine rings is 1. The summed E-state index contributed by atoms with van der Waals surface area (Å²) in [6.45, 7) is 6.94. The minimum atomic E-state index is 0.378. The van der Waals surface area contributed by atoms with Gasteiger partial charge in [-0.15, -0.1) is 0 Å². The molecule has 0 N–H and O–H groups in total. The van der Waals surface area contributed by atoms with Crippen LogP contribution in [0.15, 0.2) is 18.3 Å². The number of aromatic nitrogens is 1. The summed E-state index contributed by atoms with van der Waals surface area (Å²) >= 11 is 0. The molecule has 3 heterocycles. The molecule has 1 aromatic heterocycles. The molecule has 2 atom stereocenters.